The lowest BCUT2D eigenvalue weighted by Gasteiger charge is -2.09. The van der Waals surface area contributed by atoms with E-state index in [4.69, 9.17) is 9.26 Å². The van der Waals surface area contributed by atoms with Crippen LogP contribution in [0.4, 0.5) is 0 Å². The van der Waals surface area contributed by atoms with Crippen LogP contribution in [0.15, 0.2) is 45.7 Å². The fourth-order valence-electron chi connectivity index (χ4n) is 3.04. The first-order chi connectivity index (χ1) is 12.5. The number of aryl methyl sites for hydroxylation is 1. The van der Waals surface area contributed by atoms with E-state index in [1.165, 1.54) is 4.57 Å². The van der Waals surface area contributed by atoms with Gasteiger partial charge in [-0.3, -0.25) is 9.32 Å². The third-order valence-electron chi connectivity index (χ3n) is 4.41. The minimum Gasteiger partial charge on any atom is -0.383 e. The molecule has 0 fully saturated rings. The maximum Gasteiger partial charge on any atom is 0.442 e. The second kappa shape index (κ2) is 7.53. The van der Waals surface area contributed by atoms with Gasteiger partial charge in [-0.05, 0) is 19.9 Å². The number of hydrogen-bond acceptors (Lipinski definition) is 5. The van der Waals surface area contributed by atoms with Crippen LogP contribution in [-0.2, 0) is 17.8 Å². The van der Waals surface area contributed by atoms with Gasteiger partial charge in [0.25, 0.3) is 0 Å². The van der Waals surface area contributed by atoms with E-state index in [9.17, 15) is 9.59 Å². The average molecular weight is 355 g/mol. The van der Waals surface area contributed by atoms with E-state index in [1.807, 2.05) is 54.8 Å². The Morgan fingerprint density at radius 3 is 2.62 bits per heavy atom. The van der Waals surface area contributed by atoms with Crippen LogP contribution in [0.2, 0.25) is 0 Å². The molecule has 0 bridgehead atoms. The molecule has 0 aliphatic carbocycles. The smallest absolute Gasteiger partial charge is 0.383 e. The summed E-state index contributed by atoms with van der Waals surface area (Å²) in [7, 11) is 1.64. The summed E-state index contributed by atoms with van der Waals surface area (Å²) >= 11 is 0. The lowest BCUT2D eigenvalue weighted by Crippen LogP contribution is -2.21. The summed E-state index contributed by atoms with van der Waals surface area (Å²) in [5, 5.41) is 3.82. The monoisotopic (exact) mass is 355 g/mol. The number of methoxy groups -OCH3 is 1. The molecule has 0 unspecified atom stereocenters. The van der Waals surface area contributed by atoms with Gasteiger partial charge in [-0.25, -0.2) is 9.36 Å². The van der Waals surface area contributed by atoms with Crippen molar-refractivity contribution < 1.29 is 14.1 Å². The highest BCUT2D eigenvalue weighted by Crippen LogP contribution is 2.19. The minimum absolute atomic E-state index is 0.124. The van der Waals surface area contributed by atoms with Crippen LogP contribution in [0.25, 0.3) is 11.4 Å². The Morgan fingerprint density at radius 2 is 1.92 bits per heavy atom. The molecule has 0 saturated carbocycles. The number of aromatic nitrogens is 3. The van der Waals surface area contributed by atoms with Gasteiger partial charge in [-0.15, -0.1) is 0 Å². The Bertz CT molecular complexity index is 967. The van der Waals surface area contributed by atoms with E-state index in [0.717, 1.165) is 17.0 Å². The third-order valence-corrected chi connectivity index (χ3v) is 4.41. The molecule has 2 aromatic heterocycles. The van der Waals surface area contributed by atoms with Gasteiger partial charge in [-0.1, -0.05) is 35.5 Å². The second-order valence-corrected chi connectivity index (χ2v) is 6.08. The van der Waals surface area contributed by atoms with Crippen molar-refractivity contribution in [2.75, 3.05) is 13.7 Å². The normalized spacial score (nSPS) is 11.0. The van der Waals surface area contributed by atoms with E-state index in [0.29, 0.717) is 24.5 Å². The fraction of sp³-hybridized carbons (Fsp3) is 0.316. The van der Waals surface area contributed by atoms with Gasteiger partial charge in [-0.2, -0.15) is 0 Å². The van der Waals surface area contributed by atoms with Gasteiger partial charge < -0.3 is 9.30 Å². The van der Waals surface area contributed by atoms with Crippen molar-refractivity contribution in [3.8, 4) is 11.4 Å². The summed E-state index contributed by atoms with van der Waals surface area (Å²) < 4.78 is 13.2. The first-order valence-electron chi connectivity index (χ1n) is 8.33. The Hall–Kier alpha value is -2.93. The number of carbonyl (C=O) groups is 1. The molecule has 0 aliphatic rings. The summed E-state index contributed by atoms with van der Waals surface area (Å²) in [6.07, 6.45) is 0. The van der Waals surface area contributed by atoms with Crippen LogP contribution in [0.3, 0.4) is 0 Å². The molecule has 0 saturated heterocycles. The zero-order valence-corrected chi connectivity index (χ0v) is 15.1. The molecule has 2 heterocycles. The van der Waals surface area contributed by atoms with E-state index < -0.39 is 5.76 Å². The molecule has 0 N–H and O–H groups in total. The topological polar surface area (TPSA) is 79.3 Å². The molecule has 0 spiro atoms. The van der Waals surface area contributed by atoms with Crippen molar-refractivity contribution in [1.29, 1.82) is 0 Å². The second-order valence-electron chi connectivity index (χ2n) is 6.08. The summed E-state index contributed by atoms with van der Waals surface area (Å²) in [5.74, 6) is -0.466. The number of Topliss-reactive ketones (excluding diaryl/α,β-unsaturated/α-hetero) is 1. The van der Waals surface area contributed by atoms with Crippen LogP contribution >= 0.6 is 0 Å². The first-order valence-corrected chi connectivity index (χ1v) is 8.33. The number of carbonyl (C=O) groups excluding carboxylic acids is 1. The average Bonchev–Trinajstić information content (AvgIpc) is 3.14. The highest BCUT2D eigenvalue weighted by Gasteiger charge is 2.20. The quantitative estimate of drug-likeness (QED) is 0.608. The highest BCUT2D eigenvalue weighted by atomic mass is 16.5. The van der Waals surface area contributed by atoms with Gasteiger partial charge in [0.05, 0.1) is 13.2 Å². The predicted molar refractivity (Wildman–Crippen MR) is 96.3 cm³/mol. The zero-order valence-electron chi connectivity index (χ0n) is 15.1. The molecule has 1 aromatic carbocycles. The third kappa shape index (κ3) is 3.39. The number of ketones is 1. The molecule has 136 valence electrons. The van der Waals surface area contributed by atoms with Crippen molar-refractivity contribution in [3.05, 3.63) is 63.9 Å². The molecule has 26 heavy (non-hydrogen) atoms. The number of ether oxygens (including phenoxy) is 1. The van der Waals surface area contributed by atoms with Gasteiger partial charge in [0.1, 0.15) is 0 Å². The van der Waals surface area contributed by atoms with Crippen molar-refractivity contribution in [3.63, 3.8) is 0 Å². The summed E-state index contributed by atoms with van der Waals surface area (Å²) in [4.78, 5) is 24.9. The zero-order chi connectivity index (χ0) is 18.7. The fourth-order valence-corrected chi connectivity index (χ4v) is 3.04. The summed E-state index contributed by atoms with van der Waals surface area (Å²) in [6, 6.07) is 11.0. The number of nitrogens with zero attached hydrogens (tertiary/aromatic N) is 3. The molecule has 0 amide bonds. The number of hydrogen-bond donors (Lipinski definition) is 0. The molecule has 7 nitrogen and oxygen atoms in total. The van der Waals surface area contributed by atoms with Crippen LogP contribution < -0.4 is 5.76 Å². The minimum atomic E-state index is -0.648. The van der Waals surface area contributed by atoms with E-state index in [2.05, 4.69) is 5.16 Å². The number of rotatable bonds is 7. The van der Waals surface area contributed by atoms with Gasteiger partial charge in [0.2, 0.25) is 0 Å². The van der Waals surface area contributed by atoms with Crippen molar-refractivity contribution in [2.24, 2.45) is 0 Å². The Kier molecular flexibility index (Phi) is 5.18. The van der Waals surface area contributed by atoms with Crippen LogP contribution in [0.1, 0.15) is 21.7 Å². The Labute approximate surface area is 150 Å². The summed E-state index contributed by atoms with van der Waals surface area (Å²) in [5.41, 5.74) is 3.14. The van der Waals surface area contributed by atoms with E-state index in [1.54, 1.807) is 7.11 Å². The molecule has 7 heteroatoms. The van der Waals surface area contributed by atoms with E-state index >= 15 is 0 Å². The van der Waals surface area contributed by atoms with Crippen molar-refractivity contribution in [1.82, 2.24) is 14.3 Å². The standard InChI is InChI=1S/C19H21N3O4/c1-13-11-16(14(2)21(13)9-10-25-3)17(23)12-22-18(20-26-19(22)24)15-7-5-4-6-8-15/h4-8,11H,9-10,12H2,1-3H3. The van der Waals surface area contributed by atoms with Gasteiger partial charge >= 0.3 is 5.76 Å². The molecule has 3 aromatic rings. The maximum absolute atomic E-state index is 12.8. The SMILES string of the molecule is COCCn1c(C)cc(C(=O)Cn2c(-c3ccccc3)noc2=O)c1C. The lowest BCUT2D eigenvalue weighted by atomic mass is 10.1. The molecule has 0 atom stereocenters. The first kappa shape index (κ1) is 17.9. The largest absolute Gasteiger partial charge is 0.442 e. The lowest BCUT2D eigenvalue weighted by molar-refractivity contribution is 0.0969. The van der Waals surface area contributed by atoms with Crippen molar-refractivity contribution >= 4 is 5.78 Å². The Balaban J connectivity index is 1.90. The van der Waals surface area contributed by atoms with Crippen LogP contribution in [-0.4, -0.2) is 33.8 Å². The molecular weight excluding hydrogens is 334 g/mol. The number of benzene rings is 1. The van der Waals surface area contributed by atoms with Gasteiger partial charge in [0, 0.05) is 36.2 Å². The molecule has 3 rings (SSSR count). The maximum atomic E-state index is 12.8. The summed E-state index contributed by atoms with van der Waals surface area (Å²) in [6.45, 7) is 4.95. The van der Waals surface area contributed by atoms with Gasteiger partial charge in [0.15, 0.2) is 11.6 Å². The van der Waals surface area contributed by atoms with Crippen molar-refractivity contribution in [2.45, 2.75) is 26.9 Å². The van der Waals surface area contributed by atoms with E-state index in [-0.39, 0.29) is 12.3 Å². The van der Waals surface area contributed by atoms with Crippen LogP contribution in [0.5, 0.6) is 0 Å². The highest BCUT2D eigenvalue weighted by molar-refractivity contribution is 5.97. The molecular formula is C19H21N3O4. The van der Waals surface area contributed by atoms with Crippen LogP contribution in [0, 0.1) is 13.8 Å². The molecule has 0 aliphatic heterocycles. The predicted octanol–water partition coefficient (Wildman–Crippen LogP) is 2.45. The Morgan fingerprint density at radius 1 is 1.19 bits per heavy atom. The molecule has 0 radical (unpaired) electrons.